The minimum Gasteiger partial charge on any atom is -0.469 e. The highest BCUT2D eigenvalue weighted by Gasteiger charge is 2.18. The van der Waals surface area contributed by atoms with Gasteiger partial charge in [0.05, 0.1) is 12.3 Å². The van der Waals surface area contributed by atoms with Crippen molar-refractivity contribution in [1.29, 1.82) is 0 Å². The molecule has 0 fully saturated rings. The molecule has 2 rings (SSSR count). The van der Waals surface area contributed by atoms with E-state index in [-0.39, 0.29) is 11.9 Å². The van der Waals surface area contributed by atoms with Crippen LogP contribution in [-0.4, -0.2) is 6.54 Å². The number of furan rings is 1. The number of benzene rings is 1. The Bertz CT molecular complexity index is 551. The molecule has 1 heterocycles. The SMILES string of the molecule is CCNC(c1cc(C)c(F)c(C)c1)c1ccoc1C. The summed E-state index contributed by atoms with van der Waals surface area (Å²) in [7, 11) is 0. The summed E-state index contributed by atoms with van der Waals surface area (Å²) in [4.78, 5) is 0. The Morgan fingerprint density at radius 1 is 1.21 bits per heavy atom. The highest BCUT2D eigenvalue weighted by Crippen LogP contribution is 2.28. The molecule has 0 saturated heterocycles. The minimum absolute atomic E-state index is 0.0433. The van der Waals surface area contributed by atoms with Gasteiger partial charge in [0.2, 0.25) is 0 Å². The van der Waals surface area contributed by atoms with Crippen molar-refractivity contribution < 1.29 is 8.81 Å². The summed E-state index contributed by atoms with van der Waals surface area (Å²) < 4.78 is 19.1. The van der Waals surface area contributed by atoms with Crippen molar-refractivity contribution in [3.63, 3.8) is 0 Å². The Labute approximate surface area is 113 Å². The smallest absolute Gasteiger partial charge is 0.129 e. The van der Waals surface area contributed by atoms with Gasteiger partial charge in [0.1, 0.15) is 11.6 Å². The van der Waals surface area contributed by atoms with Crippen LogP contribution < -0.4 is 5.32 Å². The summed E-state index contributed by atoms with van der Waals surface area (Å²) in [6.45, 7) is 8.45. The highest BCUT2D eigenvalue weighted by molar-refractivity contribution is 5.38. The number of aryl methyl sites for hydroxylation is 3. The fourth-order valence-corrected chi connectivity index (χ4v) is 2.45. The molecule has 1 aromatic heterocycles. The number of hydrogen-bond acceptors (Lipinski definition) is 2. The molecule has 0 aliphatic rings. The molecule has 0 aliphatic carbocycles. The fraction of sp³-hybridized carbons (Fsp3) is 0.375. The predicted molar refractivity (Wildman–Crippen MR) is 74.8 cm³/mol. The van der Waals surface area contributed by atoms with Gasteiger partial charge >= 0.3 is 0 Å². The number of halogens is 1. The second-order valence-corrected chi connectivity index (χ2v) is 4.89. The Morgan fingerprint density at radius 2 is 1.84 bits per heavy atom. The largest absolute Gasteiger partial charge is 0.469 e. The lowest BCUT2D eigenvalue weighted by atomic mass is 9.95. The van der Waals surface area contributed by atoms with Gasteiger partial charge < -0.3 is 9.73 Å². The summed E-state index contributed by atoms with van der Waals surface area (Å²) in [5.41, 5.74) is 3.54. The van der Waals surface area contributed by atoms with E-state index in [0.717, 1.165) is 23.4 Å². The minimum atomic E-state index is -0.122. The van der Waals surface area contributed by atoms with Gasteiger partial charge in [0.15, 0.2) is 0 Å². The normalized spacial score (nSPS) is 12.7. The lowest BCUT2D eigenvalue weighted by molar-refractivity contribution is 0.519. The number of rotatable bonds is 4. The maximum atomic E-state index is 13.7. The van der Waals surface area contributed by atoms with Crippen LogP contribution in [0, 0.1) is 26.6 Å². The van der Waals surface area contributed by atoms with Gasteiger partial charge in [-0.15, -0.1) is 0 Å². The zero-order valence-electron chi connectivity index (χ0n) is 11.9. The molecule has 1 aromatic carbocycles. The maximum Gasteiger partial charge on any atom is 0.129 e. The number of nitrogens with one attached hydrogen (secondary N) is 1. The standard InChI is InChI=1S/C16H20FNO/c1-5-18-16(14-6-7-19-12(14)4)13-8-10(2)15(17)11(3)9-13/h6-9,16,18H,5H2,1-4H3. The first-order chi connectivity index (χ1) is 9.04. The molecule has 1 N–H and O–H groups in total. The van der Waals surface area contributed by atoms with Crippen molar-refractivity contribution in [2.24, 2.45) is 0 Å². The third kappa shape index (κ3) is 2.71. The number of hydrogen-bond donors (Lipinski definition) is 1. The fourth-order valence-electron chi connectivity index (χ4n) is 2.45. The molecule has 0 saturated carbocycles. The molecule has 0 spiro atoms. The Hall–Kier alpha value is -1.61. The molecule has 3 heteroatoms. The van der Waals surface area contributed by atoms with Crippen LogP contribution in [-0.2, 0) is 0 Å². The van der Waals surface area contributed by atoms with Gasteiger partial charge in [-0.3, -0.25) is 0 Å². The van der Waals surface area contributed by atoms with Gasteiger partial charge in [-0.25, -0.2) is 4.39 Å². The topological polar surface area (TPSA) is 25.2 Å². The molecule has 0 radical (unpaired) electrons. The monoisotopic (exact) mass is 261 g/mol. The van der Waals surface area contributed by atoms with E-state index in [4.69, 9.17) is 4.42 Å². The van der Waals surface area contributed by atoms with Crippen molar-refractivity contribution in [1.82, 2.24) is 5.32 Å². The third-order valence-electron chi connectivity index (χ3n) is 3.41. The lowest BCUT2D eigenvalue weighted by Crippen LogP contribution is -2.22. The molecule has 19 heavy (non-hydrogen) atoms. The molecule has 2 nitrogen and oxygen atoms in total. The Kier molecular flexibility index (Phi) is 4.05. The van der Waals surface area contributed by atoms with Crippen LogP contribution in [0.4, 0.5) is 4.39 Å². The summed E-state index contributed by atoms with van der Waals surface area (Å²) >= 11 is 0. The van der Waals surface area contributed by atoms with Gasteiger partial charge in [0, 0.05) is 5.56 Å². The van der Waals surface area contributed by atoms with Gasteiger partial charge in [-0.2, -0.15) is 0 Å². The van der Waals surface area contributed by atoms with Crippen LogP contribution in [0.2, 0.25) is 0 Å². The zero-order chi connectivity index (χ0) is 14.0. The second-order valence-electron chi connectivity index (χ2n) is 4.89. The first-order valence-corrected chi connectivity index (χ1v) is 6.58. The van der Waals surface area contributed by atoms with Gasteiger partial charge in [-0.1, -0.05) is 19.1 Å². The predicted octanol–water partition coefficient (Wildman–Crippen LogP) is 4.04. The third-order valence-corrected chi connectivity index (χ3v) is 3.41. The first kappa shape index (κ1) is 13.8. The van der Waals surface area contributed by atoms with E-state index in [1.165, 1.54) is 0 Å². The van der Waals surface area contributed by atoms with Crippen molar-refractivity contribution in [3.05, 3.63) is 58.3 Å². The van der Waals surface area contributed by atoms with Crippen LogP contribution in [0.3, 0.4) is 0 Å². The average molecular weight is 261 g/mol. The van der Waals surface area contributed by atoms with Crippen LogP contribution in [0.1, 0.15) is 41.0 Å². The van der Waals surface area contributed by atoms with E-state index in [9.17, 15) is 4.39 Å². The zero-order valence-corrected chi connectivity index (χ0v) is 11.9. The van der Waals surface area contributed by atoms with Crippen LogP contribution >= 0.6 is 0 Å². The lowest BCUT2D eigenvalue weighted by Gasteiger charge is -2.19. The molecular formula is C16H20FNO. The molecule has 2 aromatic rings. The van der Waals surface area contributed by atoms with Crippen molar-refractivity contribution >= 4 is 0 Å². The van der Waals surface area contributed by atoms with Crippen LogP contribution in [0.15, 0.2) is 28.9 Å². The van der Waals surface area contributed by atoms with Crippen LogP contribution in [0.5, 0.6) is 0 Å². The van der Waals surface area contributed by atoms with Crippen molar-refractivity contribution in [2.45, 2.75) is 33.7 Å². The van der Waals surface area contributed by atoms with E-state index >= 15 is 0 Å². The molecular weight excluding hydrogens is 241 g/mol. The first-order valence-electron chi connectivity index (χ1n) is 6.58. The van der Waals surface area contributed by atoms with E-state index in [0.29, 0.717) is 11.1 Å². The Morgan fingerprint density at radius 3 is 2.32 bits per heavy atom. The molecule has 1 unspecified atom stereocenters. The van der Waals surface area contributed by atoms with Crippen LogP contribution in [0.25, 0.3) is 0 Å². The Balaban J connectivity index is 2.48. The van der Waals surface area contributed by atoms with Gasteiger partial charge in [0.25, 0.3) is 0 Å². The van der Waals surface area contributed by atoms with Crippen molar-refractivity contribution in [2.75, 3.05) is 6.54 Å². The van der Waals surface area contributed by atoms with E-state index < -0.39 is 0 Å². The molecule has 1 atom stereocenters. The molecule has 102 valence electrons. The summed E-state index contributed by atoms with van der Waals surface area (Å²) in [6.07, 6.45) is 1.69. The van der Waals surface area contributed by atoms with Gasteiger partial charge in [-0.05, 0) is 50.1 Å². The summed E-state index contributed by atoms with van der Waals surface area (Å²) in [5.74, 6) is 0.772. The van der Waals surface area contributed by atoms with E-state index in [2.05, 4.69) is 12.2 Å². The highest BCUT2D eigenvalue weighted by atomic mass is 19.1. The molecule has 0 amide bonds. The summed E-state index contributed by atoms with van der Waals surface area (Å²) in [5, 5.41) is 3.43. The second kappa shape index (κ2) is 5.57. The van der Waals surface area contributed by atoms with Crippen molar-refractivity contribution in [3.8, 4) is 0 Å². The van der Waals surface area contributed by atoms with E-state index in [1.54, 1.807) is 20.1 Å². The average Bonchev–Trinajstić information content (AvgIpc) is 2.78. The summed E-state index contributed by atoms with van der Waals surface area (Å²) in [6, 6.07) is 5.82. The quantitative estimate of drug-likeness (QED) is 0.898. The maximum absolute atomic E-state index is 13.7. The molecule has 0 aliphatic heterocycles. The van der Waals surface area contributed by atoms with E-state index in [1.807, 2.05) is 25.1 Å². The molecule has 0 bridgehead atoms.